The van der Waals surface area contributed by atoms with Crippen molar-refractivity contribution in [3.63, 3.8) is 0 Å². The van der Waals surface area contributed by atoms with Gasteiger partial charge in [-0.3, -0.25) is 0 Å². The predicted octanol–water partition coefficient (Wildman–Crippen LogP) is 4.51. The zero-order valence-corrected chi connectivity index (χ0v) is 14.0. The third kappa shape index (κ3) is 3.78. The number of carbonyl (C=O) groups is 1. The molecule has 3 rings (SSSR count). The third-order valence-electron chi connectivity index (χ3n) is 3.00. The second-order valence-corrected chi connectivity index (χ2v) is 5.88. The zero-order chi connectivity index (χ0) is 16.2. The number of rotatable bonds is 4. The molecule has 0 bridgehead atoms. The average molecular weight is 394 g/mol. The number of nitrogens with zero attached hydrogens (tertiary/aromatic N) is 2. The van der Waals surface area contributed by atoms with Crippen LogP contribution >= 0.6 is 27.5 Å². The molecule has 7 heteroatoms. The van der Waals surface area contributed by atoms with Gasteiger partial charge in [0.15, 0.2) is 12.4 Å². The van der Waals surface area contributed by atoms with Gasteiger partial charge in [-0.1, -0.05) is 44.8 Å². The molecule has 0 N–H and O–H groups in total. The Bertz CT molecular complexity index is 851. The van der Waals surface area contributed by atoms with E-state index in [1.165, 1.54) is 6.20 Å². The number of hydrogen-bond acceptors (Lipinski definition) is 5. The minimum Gasteiger partial charge on any atom is -0.454 e. The molecule has 1 aromatic carbocycles. The van der Waals surface area contributed by atoms with Crippen LogP contribution in [0.1, 0.15) is 16.1 Å². The van der Waals surface area contributed by atoms with E-state index in [9.17, 15) is 4.79 Å². The first-order valence-electron chi connectivity index (χ1n) is 6.62. The van der Waals surface area contributed by atoms with Gasteiger partial charge in [0, 0.05) is 22.3 Å². The van der Waals surface area contributed by atoms with E-state index in [0.29, 0.717) is 11.5 Å². The van der Waals surface area contributed by atoms with E-state index >= 15 is 0 Å². The summed E-state index contributed by atoms with van der Waals surface area (Å²) in [5.41, 5.74) is 1.77. The Morgan fingerprint density at radius 2 is 2.13 bits per heavy atom. The van der Waals surface area contributed by atoms with E-state index in [-0.39, 0.29) is 17.3 Å². The first kappa shape index (κ1) is 15.7. The van der Waals surface area contributed by atoms with Crippen LogP contribution in [0.5, 0.6) is 0 Å². The molecular weight excluding hydrogens is 384 g/mol. The Labute approximate surface area is 145 Å². The van der Waals surface area contributed by atoms with E-state index in [2.05, 4.69) is 26.1 Å². The fourth-order valence-electron chi connectivity index (χ4n) is 1.92. The summed E-state index contributed by atoms with van der Waals surface area (Å²) < 4.78 is 11.3. The van der Waals surface area contributed by atoms with Crippen LogP contribution in [0.25, 0.3) is 11.3 Å². The van der Waals surface area contributed by atoms with Crippen molar-refractivity contribution in [2.24, 2.45) is 0 Å². The molecule has 2 heterocycles. The molecule has 0 unspecified atom stereocenters. The van der Waals surface area contributed by atoms with E-state index in [1.54, 1.807) is 18.2 Å². The topological polar surface area (TPSA) is 65.2 Å². The molecule has 3 aromatic rings. The third-order valence-corrected chi connectivity index (χ3v) is 3.80. The van der Waals surface area contributed by atoms with Gasteiger partial charge in [0.2, 0.25) is 0 Å². The zero-order valence-electron chi connectivity index (χ0n) is 11.7. The molecule has 0 aliphatic carbocycles. The average Bonchev–Trinajstić information content (AvgIpc) is 3.02. The Kier molecular flexibility index (Phi) is 4.73. The van der Waals surface area contributed by atoms with Crippen LogP contribution in [0.4, 0.5) is 0 Å². The van der Waals surface area contributed by atoms with Crippen LogP contribution in [-0.2, 0) is 11.3 Å². The number of hydrogen-bond donors (Lipinski definition) is 0. The maximum atomic E-state index is 11.9. The Hall–Kier alpha value is -2.18. The first-order chi connectivity index (χ1) is 11.1. The SMILES string of the molecule is O=C(OCc1cc(-c2cccc(Br)c2)no1)c1cccnc1Cl. The Morgan fingerprint density at radius 1 is 1.26 bits per heavy atom. The van der Waals surface area contributed by atoms with Crippen LogP contribution in [-0.4, -0.2) is 16.1 Å². The summed E-state index contributed by atoms with van der Waals surface area (Å²) in [6.45, 7) is -0.0366. The van der Waals surface area contributed by atoms with Gasteiger partial charge in [-0.15, -0.1) is 0 Å². The van der Waals surface area contributed by atoms with Crippen molar-refractivity contribution >= 4 is 33.5 Å². The van der Waals surface area contributed by atoms with Crippen molar-refractivity contribution < 1.29 is 14.1 Å². The summed E-state index contributed by atoms with van der Waals surface area (Å²) in [5.74, 6) is -0.128. The molecule has 0 radical (unpaired) electrons. The lowest BCUT2D eigenvalue weighted by Crippen LogP contribution is -2.06. The highest BCUT2D eigenvalue weighted by molar-refractivity contribution is 9.10. The van der Waals surface area contributed by atoms with E-state index in [1.807, 2.05) is 24.3 Å². The van der Waals surface area contributed by atoms with Crippen LogP contribution in [0.3, 0.4) is 0 Å². The van der Waals surface area contributed by atoms with Gasteiger partial charge in [-0.2, -0.15) is 0 Å². The summed E-state index contributed by atoms with van der Waals surface area (Å²) in [5, 5.41) is 4.07. The maximum Gasteiger partial charge on any atom is 0.341 e. The van der Waals surface area contributed by atoms with Crippen molar-refractivity contribution in [1.29, 1.82) is 0 Å². The summed E-state index contributed by atoms with van der Waals surface area (Å²) in [6, 6.07) is 12.5. The van der Waals surface area contributed by atoms with Crippen molar-refractivity contribution in [3.8, 4) is 11.3 Å². The smallest absolute Gasteiger partial charge is 0.341 e. The molecule has 5 nitrogen and oxygen atoms in total. The second kappa shape index (κ2) is 6.93. The van der Waals surface area contributed by atoms with E-state index in [4.69, 9.17) is 20.9 Å². The molecule has 2 aromatic heterocycles. The van der Waals surface area contributed by atoms with Crippen LogP contribution in [0.2, 0.25) is 5.15 Å². The number of halogens is 2. The van der Waals surface area contributed by atoms with Crippen molar-refractivity contribution in [2.45, 2.75) is 6.61 Å². The van der Waals surface area contributed by atoms with Gasteiger partial charge in [0.05, 0.1) is 5.56 Å². The van der Waals surface area contributed by atoms with Gasteiger partial charge in [0.25, 0.3) is 0 Å². The number of esters is 1. The summed E-state index contributed by atoms with van der Waals surface area (Å²) in [7, 11) is 0. The van der Waals surface area contributed by atoms with Gasteiger partial charge >= 0.3 is 5.97 Å². The lowest BCUT2D eigenvalue weighted by atomic mass is 10.1. The van der Waals surface area contributed by atoms with Crippen molar-refractivity contribution in [1.82, 2.24) is 10.1 Å². The predicted molar refractivity (Wildman–Crippen MR) is 88.0 cm³/mol. The number of pyridine rings is 1. The van der Waals surface area contributed by atoms with Gasteiger partial charge in [0.1, 0.15) is 10.8 Å². The van der Waals surface area contributed by atoms with Crippen LogP contribution in [0, 0.1) is 0 Å². The number of benzene rings is 1. The number of aromatic nitrogens is 2. The van der Waals surface area contributed by atoms with Crippen LogP contribution in [0.15, 0.2) is 57.7 Å². The van der Waals surface area contributed by atoms with Crippen molar-refractivity contribution in [2.75, 3.05) is 0 Å². The molecule has 116 valence electrons. The minimum atomic E-state index is -0.566. The first-order valence-corrected chi connectivity index (χ1v) is 7.80. The van der Waals surface area contributed by atoms with Crippen molar-refractivity contribution in [3.05, 3.63) is 69.6 Å². The highest BCUT2D eigenvalue weighted by Crippen LogP contribution is 2.23. The van der Waals surface area contributed by atoms with Gasteiger partial charge < -0.3 is 9.26 Å². The lowest BCUT2D eigenvalue weighted by Gasteiger charge is -2.03. The molecule has 0 aliphatic heterocycles. The highest BCUT2D eigenvalue weighted by atomic mass is 79.9. The normalized spacial score (nSPS) is 10.5. The standard InChI is InChI=1S/C16H10BrClN2O3/c17-11-4-1-3-10(7-11)14-8-12(23-20-14)9-22-16(21)13-5-2-6-19-15(13)18/h1-8H,9H2. The van der Waals surface area contributed by atoms with Gasteiger partial charge in [-0.25, -0.2) is 9.78 Å². The summed E-state index contributed by atoms with van der Waals surface area (Å²) in [4.78, 5) is 15.8. The molecule has 0 aliphatic rings. The van der Waals surface area contributed by atoms with Gasteiger partial charge in [-0.05, 0) is 24.3 Å². The summed E-state index contributed by atoms with van der Waals surface area (Å²) >= 11 is 9.25. The molecule has 0 fully saturated rings. The fraction of sp³-hybridized carbons (Fsp3) is 0.0625. The quantitative estimate of drug-likeness (QED) is 0.482. The van der Waals surface area contributed by atoms with E-state index in [0.717, 1.165) is 10.0 Å². The Morgan fingerprint density at radius 3 is 2.91 bits per heavy atom. The summed E-state index contributed by atoms with van der Waals surface area (Å²) in [6.07, 6.45) is 1.50. The molecule has 23 heavy (non-hydrogen) atoms. The minimum absolute atomic E-state index is 0.0366. The second-order valence-electron chi connectivity index (χ2n) is 4.61. The highest BCUT2D eigenvalue weighted by Gasteiger charge is 2.14. The fourth-order valence-corrected chi connectivity index (χ4v) is 2.51. The molecule has 0 saturated heterocycles. The number of ether oxygens (including phenoxy) is 1. The van der Waals surface area contributed by atoms with E-state index < -0.39 is 5.97 Å². The molecule has 0 spiro atoms. The Balaban J connectivity index is 1.68. The molecule has 0 saturated carbocycles. The number of carbonyl (C=O) groups excluding carboxylic acids is 1. The monoisotopic (exact) mass is 392 g/mol. The maximum absolute atomic E-state index is 11.9. The molecule has 0 amide bonds. The lowest BCUT2D eigenvalue weighted by molar-refractivity contribution is 0.0437. The molecular formula is C16H10BrClN2O3. The molecule has 0 atom stereocenters. The largest absolute Gasteiger partial charge is 0.454 e. The van der Waals surface area contributed by atoms with Crippen LogP contribution < -0.4 is 0 Å².